The number of hydrogen-bond acceptors (Lipinski definition) is 5. The number of benzene rings is 2. The molecule has 0 unspecified atom stereocenters. The maximum atomic E-state index is 14.3. The molecule has 2 bridgehead atoms. The van der Waals surface area contributed by atoms with Crippen molar-refractivity contribution in [2.45, 2.75) is 50.4 Å². The van der Waals surface area contributed by atoms with E-state index in [1.807, 2.05) is 4.90 Å². The molecule has 2 atom stereocenters. The van der Waals surface area contributed by atoms with E-state index in [2.05, 4.69) is 5.16 Å². The number of piperidine rings is 1. The molecule has 0 amide bonds. The SMILES string of the molecule is O=C(O)c1cc(F)cc(N2C[C@H]3CC[C@]2(OCc2c(-c4c(Cl)cccc4Cl)noc2C2CC2)C3)c1. The fourth-order valence-electron chi connectivity index (χ4n) is 5.57. The van der Waals surface area contributed by atoms with E-state index in [0.29, 0.717) is 45.4 Å². The van der Waals surface area contributed by atoms with Crippen LogP contribution in [-0.4, -0.2) is 28.5 Å². The third kappa shape index (κ3) is 3.99. The highest BCUT2D eigenvalue weighted by molar-refractivity contribution is 6.39. The molecule has 2 aromatic carbocycles. The molecule has 9 heteroatoms. The second-order valence-electron chi connectivity index (χ2n) is 9.70. The first-order valence-electron chi connectivity index (χ1n) is 11.7. The topological polar surface area (TPSA) is 75.8 Å². The van der Waals surface area contributed by atoms with E-state index in [-0.39, 0.29) is 12.2 Å². The normalized spacial score (nSPS) is 23.3. The van der Waals surface area contributed by atoms with Crippen molar-refractivity contribution in [3.8, 4) is 11.3 Å². The van der Waals surface area contributed by atoms with Crippen molar-refractivity contribution in [3.05, 3.63) is 69.1 Å². The highest BCUT2D eigenvalue weighted by atomic mass is 35.5. The van der Waals surface area contributed by atoms with Crippen LogP contribution in [0.1, 0.15) is 59.7 Å². The van der Waals surface area contributed by atoms with E-state index in [1.165, 1.54) is 12.1 Å². The summed E-state index contributed by atoms with van der Waals surface area (Å²) < 4.78 is 26.7. The smallest absolute Gasteiger partial charge is 0.335 e. The van der Waals surface area contributed by atoms with Crippen LogP contribution in [0.4, 0.5) is 10.1 Å². The van der Waals surface area contributed by atoms with Gasteiger partial charge in [0.05, 0.1) is 22.2 Å². The van der Waals surface area contributed by atoms with Gasteiger partial charge in [-0.15, -0.1) is 0 Å². The number of carbonyl (C=O) groups is 1. The Morgan fingerprint density at radius 1 is 1.23 bits per heavy atom. The van der Waals surface area contributed by atoms with Crippen LogP contribution in [0.5, 0.6) is 0 Å². The summed E-state index contributed by atoms with van der Waals surface area (Å²) in [6.07, 6.45) is 4.61. The third-order valence-corrected chi connectivity index (χ3v) is 8.01. The maximum Gasteiger partial charge on any atom is 0.335 e. The number of carboxylic acids is 1. The Hall–Kier alpha value is -2.61. The third-order valence-electron chi connectivity index (χ3n) is 7.38. The van der Waals surface area contributed by atoms with Gasteiger partial charge in [0.1, 0.15) is 23.0 Å². The summed E-state index contributed by atoms with van der Waals surface area (Å²) in [5, 5.41) is 14.7. The number of anilines is 1. The summed E-state index contributed by atoms with van der Waals surface area (Å²) in [6, 6.07) is 9.24. The Bertz CT molecular complexity index is 1300. The van der Waals surface area contributed by atoms with E-state index in [0.717, 1.165) is 49.5 Å². The number of fused-ring (bicyclic) bond motifs is 2. The first-order valence-corrected chi connectivity index (χ1v) is 12.5. The summed E-state index contributed by atoms with van der Waals surface area (Å²) >= 11 is 13.0. The Labute approximate surface area is 211 Å². The quantitative estimate of drug-likeness (QED) is 0.368. The van der Waals surface area contributed by atoms with Crippen LogP contribution >= 0.6 is 23.2 Å². The predicted octanol–water partition coefficient (Wildman–Crippen LogP) is 6.90. The molecule has 0 spiro atoms. The zero-order chi connectivity index (χ0) is 24.3. The van der Waals surface area contributed by atoms with Crippen molar-refractivity contribution >= 4 is 34.9 Å². The van der Waals surface area contributed by atoms with Gasteiger partial charge in [0.25, 0.3) is 0 Å². The summed E-state index contributed by atoms with van der Waals surface area (Å²) in [5.41, 5.74) is 1.81. The summed E-state index contributed by atoms with van der Waals surface area (Å²) in [7, 11) is 0. The molecule has 182 valence electrons. The van der Waals surface area contributed by atoms with Crippen molar-refractivity contribution in [1.29, 1.82) is 0 Å². The highest BCUT2D eigenvalue weighted by Gasteiger charge is 2.52. The van der Waals surface area contributed by atoms with Gasteiger partial charge in [0.15, 0.2) is 0 Å². The molecule has 3 fully saturated rings. The molecule has 35 heavy (non-hydrogen) atoms. The zero-order valence-corrected chi connectivity index (χ0v) is 20.3. The lowest BCUT2D eigenvalue weighted by Crippen LogP contribution is -2.47. The lowest BCUT2D eigenvalue weighted by atomic mass is 10.0. The minimum absolute atomic E-state index is 0.0800. The zero-order valence-electron chi connectivity index (χ0n) is 18.8. The van der Waals surface area contributed by atoms with Crippen LogP contribution < -0.4 is 4.90 Å². The molecule has 3 aromatic rings. The van der Waals surface area contributed by atoms with Crippen molar-refractivity contribution in [2.24, 2.45) is 5.92 Å². The standard InChI is InChI=1S/C26H23Cl2FN2O4/c27-20-2-1-3-21(28)22(20)23-19(24(35-30-23)15-4-5-15)13-34-26-7-6-14(11-26)12-31(26)18-9-16(25(32)33)8-17(29)10-18/h1-3,8-10,14-15H,4-7,11-13H2,(H,32,33)/t14-,26-/m0/s1. The van der Waals surface area contributed by atoms with Crippen molar-refractivity contribution in [2.75, 3.05) is 11.4 Å². The van der Waals surface area contributed by atoms with Gasteiger partial charge in [-0.2, -0.15) is 0 Å². The summed E-state index contributed by atoms with van der Waals surface area (Å²) in [4.78, 5) is 13.5. The fourth-order valence-corrected chi connectivity index (χ4v) is 6.14. The molecular formula is C26H23Cl2FN2O4. The van der Waals surface area contributed by atoms with Gasteiger partial charge in [0.2, 0.25) is 0 Å². The highest BCUT2D eigenvalue weighted by Crippen LogP contribution is 2.51. The Morgan fingerprint density at radius 3 is 2.69 bits per heavy atom. The first kappa shape index (κ1) is 22.8. The van der Waals surface area contributed by atoms with Crippen molar-refractivity contribution in [3.63, 3.8) is 0 Å². The van der Waals surface area contributed by atoms with Gasteiger partial charge in [-0.25, -0.2) is 9.18 Å². The summed E-state index contributed by atoms with van der Waals surface area (Å²) in [5.74, 6) is -0.251. The maximum absolute atomic E-state index is 14.3. The molecule has 1 N–H and O–H groups in total. The molecule has 2 saturated carbocycles. The number of rotatable bonds is 7. The number of hydrogen-bond donors (Lipinski definition) is 1. The van der Waals surface area contributed by atoms with Gasteiger partial charge in [-0.05, 0) is 68.4 Å². The van der Waals surface area contributed by atoms with Crippen LogP contribution in [0.25, 0.3) is 11.3 Å². The summed E-state index contributed by atoms with van der Waals surface area (Å²) in [6.45, 7) is 0.918. The second kappa shape index (κ2) is 8.50. The second-order valence-corrected chi connectivity index (χ2v) is 10.5. The minimum Gasteiger partial charge on any atom is -0.478 e. The van der Waals surface area contributed by atoms with Crippen molar-refractivity contribution < 1.29 is 23.6 Å². The van der Waals surface area contributed by atoms with Gasteiger partial charge in [0, 0.05) is 29.3 Å². The minimum atomic E-state index is -1.16. The average molecular weight is 517 g/mol. The first-order chi connectivity index (χ1) is 16.8. The van der Waals surface area contributed by atoms with Crippen LogP contribution in [0, 0.1) is 11.7 Å². The van der Waals surface area contributed by atoms with Crippen LogP contribution in [-0.2, 0) is 11.3 Å². The van der Waals surface area contributed by atoms with Gasteiger partial charge in [-0.1, -0.05) is 34.4 Å². The number of nitrogens with zero attached hydrogens (tertiary/aromatic N) is 2. The van der Waals surface area contributed by atoms with Crippen LogP contribution in [0.2, 0.25) is 10.0 Å². The van der Waals surface area contributed by atoms with E-state index in [1.54, 1.807) is 18.2 Å². The number of halogens is 3. The van der Waals surface area contributed by atoms with E-state index < -0.39 is 17.5 Å². The number of ether oxygens (including phenoxy) is 1. The number of aromatic carboxylic acids is 1. The molecule has 3 aliphatic rings. The molecule has 2 aliphatic carbocycles. The Morgan fingerprint density at radius 2 is 2.00 bits per heavy atom. The molecule has 0 radical (unpaired) electrons. The van der Waals surface area contributed by atoms with E-state index in [4.69, 9.17) is 32.5 Å². The van der Waals surface area contributed by atoms with Gasteiger partial charge >= 0.3 is 5.97 Å². The molecule has 1 aliphatic heterocycles. The van der Waals surface area contributed by atoms with Crippen LogP contribution in [0.15, 0.2) is 40.9 Å². The monoisotopic (exact) mass is 516 g/mol. The predicted molar refractivity (Wildman–Crippen MR) is 130 cm³/mol. The number of carboxylic acid groups (broad SMARTS) is 1. The number of aromatic nitrogens is 1. The molecule has 6 nitrogen and oxygen atoms in total. The molecular weight excluding hydrogens is 494 g/mol. The van der Waals surface area contributed by atoms with Crippen molar-refractivity contribution in [1.82, 2.24) is 5.16 Å². The van der Waals surface area contributed by atoms with E-state index in [9.17, 15) is 14.3 Å². The average Bonchev–Trinajstić information content (AvgIpc) is 3.31. The molecule has 2 heterocycles. The lowest BCUT2D eigenvalue weighted by Gasteiger charge is -2.40. The Balaban J connectivity index is 1.35. The van der Waals surface area contributed by atoms with E-state index >= 15 is 0 Å². The van der Waals surface area contributed by atoms with Crippen LogP contribution in [0.3, 0.4) is 0 Å². The fraction of sp³-hybridized carbons (Fsp3) is 0.385. The Kier molecular flexibility index (Phi) is 5.55. The van der Waals surface area contributed by atoms with Gasteiger partial charge in [-0.3, -0.25) is 0 Å². The largest absolute Gasteiger partial charge is 0.478 e. The molecule has 6 rings (SSSR count). The lowest BCUT2D eigenvalue weighted by molar-refractivity contribution is -0.0452. The molecule has 1 saturated heterocycles. The van der Waals surface area contributed by atoms with Gasteiger partial charge < -0.3 is 19.3 Å². The molecule has 1 aromatic heterocycles.